The van der Waals surface area contributed by atoms with Crippen LogP contribution < -0.4 is 0 Å². The van der Waals surface area contributed by atoms with Crippen molar-refractivity contribution in [1.82, 2.24) is 0 Å². The molecule has 4 fully saturated rings. The van der Waals surface area contributed by atoms with Crippen molar-refractivity contribution in [2.75, 3.05) is 6.61 Å². The molecule has 0 aliphatic heterocycles. The van der Waals surface area contributed by atoms with Crippen molar-refractivity contribution in [2.24, 2.45) is 11.8 Å². The Balaban J connectivity index is 1.79. The maximum absolute atomic E-state index is 14.1. The normalized spacial score (nSPS) is 33.5. The number of carbonyl (C=O) groups excluding carboxylic acids is 1. The van der Waals surface area contributed by atoms with E-state index in [1.807, 2.05) is 0 Å². The molecule has 11 heteroatoms. The predicted molar refractivity (Wildman–Crippen MR) is 92.5 cm³/mol. The first-order valence-electron chi connectivity index (χ1n) is 9.89. The van der Waals surface area contributed by atoms with Crippen LogP contribution in [0, 0.1) is 11.8 Å². The summed E-state index contributed by atoms with van der Waals surface area (Å²) in [5.74, 6) is -24.4. The van der Waals surface area contributed by atoms with Gasteiger partial charge in [0.2, 0.25) is 0 Å². The van der Waals surface area contributed by atoms with Gasteiger partial charge in [-0.15, -0.1) is 0 Å². The summed E-state index contributed by atoms with van der Waals surface area (Å²) in [4.78, 5) is 12.0. The standard InChI is InChI=1S/C20H24F8O3/c1-11(2)14(29)31-17-7-12-4-13(8-17)6-16(5-12,9-17)30-10-18(23,24)20(27,28)19(25,26)15(3,21)22/h12-13H,1,4-10H2,2-3H3. The van der Waals surface area contributed by atoms with Crippen LogP contribution >= 0.6 is 0 Å². The number of halogens is 8. The zero-order chi connectivity index (χ0) is 23.7. The molecule has 0 aromatic rings. The zero-order valence-corrected chi connectivity index (χ0v) is 17.1. The van der Waals surface area contributed by atoms with Crippen molar-refractivity contribution in [3.8, 4) is 0 Å². The molecule has 2 unspecified atom stereocenters. The molecule has 0 saturated heterocycles. The van der Waals surface area contributed by atoms with E-state index in [9.17, 15) is 39.9 Å². The summed E-state index contributed by atoms with van der Waals surface area (Å²) in [6, 6.07) is 0. The minimum atomic E-state index is -6.34. The molecule has 31 heavy (non-hydrogen) atoms. The van der Waals surface area contributed by atoms with Crippen molar-refractivity contribution < 1.29 is 49.4 Å². The third-order valence-corrected chi connectivity index (χ3v) is 6.58. The average Bonchev–Trinajstić information content (AvgIpc) is 2.57. The van der Waals surface area contributed by atoms with Crippen LogP contribution in [0.25, 0.3) is 0 Å². The first kappa shape index (κ1) is 24.3. The Morgan fingerprint density at radius 3 is 1.87 bits per heavy atom. The highest BCUT2D eigenvalue weighted by Gasteiger charge is 2.79. The maximum atomic E-state index is 14.1. The van der Waals surface area contributed by atoms with Crippen LogP contribution in [0.5, 0.6) is 0 Å². The first-order valence-corrected chi connectivity index (χ1v) is 9.89. The van der Waals surface area contributed by atoms with Gasteiger partial charge in [-0.05, 0) is 50.9 Å². The fourth-order valence-corrected chi connectivity index (χ4v) is 5.51. The zero-order valence-electron chi connectivity index (χ0n) is 17.1. The van der Waals surface area contributed by atoms with E-state index in [-0.39, 0.29) is 36.7 Å². The third-order valence-electron chi connectivity index (χ3n) is 6.58. The second-order valence-electron chi connectivity index (χ2n) is 9.53. The number of rotatable bonds is 8. The van der Waals surface area contributed by atoms with E-state index < -0.39 is 54.4 Å². The second kappa shape index (κ2) is 7.05. The van der Waals surface area contributed by atoms with E-state index in [2.05, 4.69) is 6.58 Å². The maximum Gasteiger partial charge on any atom is 0.380 e. The highest BCUT2D eigenvalue weighted by molar-refractivity contribution is 5.87. The molecule has 4 aliphatic rings. The van der Waals surface area contributed by atoms with E-state index in [1.54, 1.807) is 0 Å². The van der Waals surface area contributed by atoms with Crippen LogP contribution in [0.3, 0.4) is 0 Å². The molecule has 4 saturated carbocycles. The lowest BCUT2D eigenvalue weighted by Crippen LogP contribution is -2.65. The van der Waals surface area contributed by atoms with E-state index in [4.69, 9.17) is 9.47 Å². The number of carbonyl (C=O) groups is 1. The largest absolute Gasteiger partial charge is 0.456 e. The van der Waals surface area contributed by atoms with Gasteiger partial charge in [-0.3, -0.25) is 0 Å². The summed E-state index contributed by atoms with van der Waals surface area (Å²) >= 11 is 0. The molecule has 178 valence electrons. The predicted octanol–water partition coefficient (Wildman–Crippen LogP) is 5.77. The minimum Gasteiger partial charge on any atom is -0.456 e. The van der Waals surface area contributed by atoms with Gasteiger partial charge in [0, 0.05) is 18.9 Å². The molecule has 4 bridgehead atoms. The van der Waals surface area contributed by atoms with E-state index in [1.165, 1.54) is 6.92 Å². The van der Waals surface area contributed by atoms with Gasteiger partial charge in [0.15, 0.2) is 0 Å². The molecule has 0 radical (unpaired) electrons. The third kappa shape index (κ3) is 3.95. The van der Waals surface area contributed by atoms with E-state index in [0.29, 0.717) is 19.3 Å². The number of ether oxygens (including phenoxy) is 2. The van der Waals surface area contributed by atoms with Crippen LogP contribution in [0.2, 0.25) is 0 Å². The fourth-order valence-electron chi connectivity index (χ4n) is 5.51. The monoisotopic (exact) mass is 464 g/mol. The lowest BCUT2D eigenvalue weighted by molar-refractivity contribution is -0.374. The Morgan fingerprint density at radius 2 is 1.42 bits per heavy atom. The number of hydrogen-bond donors (Lipinski definition) is 0. The smallest absolute Gasteiger partial charge is 0.380 e. The molecule has 3 nitrogen and oxygen atoms in total. The highest BCUT2D eigenvalue weighted by atomic mass is 19.4. The Hall–Kier alpha value is -1.39. The lowest BCUT2D eigenvalue weighted by atomic mass is 9.52. The molecule has 0 aromatic heterocycles. The first-order chi connectivity index (χ1) is 13.9. The van der Waals surface area contributed by atoms with E-state index >= 15 is 0 Å². The molecule has 4 rings (SSSR count). The number of esters is 1. The van der Waals surface area contributed by atoms with Crippen molar-refractivity contribution in [2.45, 2.75) is 87.3 Å². The van der Waals surface area contributed by atoms with Crippen molar-refractivity contribution >= 4 is 5.97 Å². The fraction of sp³-hybridized carbons (Fsp3) is 0.850. The van der Waals surface area contributed by atoms with Crippen LogP contribution in [0.15, 0.2) is 12.2 Å². The Bertz CT molecular complexity index is 744. The highest BCUT2D eigenvalue weighted by Crippen LogP contribution is 2.61. The molecule has 0 amide bonds. The molecular formula is C20H24F8O3. The SMILES string of the molecule is C=C(C)C(=O)OC12CC3CC(CC(OCC(F)(F)C(F)(F)C(F)(F)C(C)(F)F)(C3)C1)C2. The van der Waals surface area contributed by atoms with Crippen LogP contribution in [-0.2, 0) is 14.3 Å². The molecule has 0 aromatic carbocycles. The van der Waals surface area contributed by atoms with Crippen LogP contribution in [-0.4, -0.2) is 47.5 Å². The molecule has 0 N–H and O–H groups in total. The molecule has 0 heterocycles. The van der Waals surface area contributed by atoms with Gasteiger partial charge in [-0.2, -0.15) is 35.1 Å². The van der Waals surface area contributed by atoms with Gasteiger partial charge in [0.25, 0.3) is 0 Å². The minimum absolute atomic E-state index is 0.0615. The number of alkyl halides is 8. The van der Waals surface area contributed by atoms with E-state index in [0.717, 1.165) is 0 Å². The van der Waals surface area contributed by atoms with Gasteiger partial charge in [-0.1, -0.05) is 6.58 Å². The Kier molecular flexibility index (Phi) is 5.52. The van der Waals surface area contributed by atoms with Crippen LogP contribution in [0.4, 0.5) is 35.1 Å². The average molecular weight is 464 g/mol. The Labute approximate surface area is 174 Å². The topological polar surface area (TPSA) is 35.5 Å². The second-order valence-corrected chi connectivity index (χ2v) is 9.53. The van der Waals surface area contributed by atoms with Crippen molar-refractivity contribution in [3.05, 3.63) is 12.2 Å². The summed E-state index contributed by atoms with van der Waals surface area (Å²) < 4.78 is 119. The molecule has 0 spiro atoms. The Morgan fingerprint density at radius 1 is 0.935 bits per heavy atom. The van der Waals surface area contributed by atoms with Gasteiger partial charge in [0.1, 0.15) is 12.2 Å². The van der Waals surface area contributed by atoms with Crippen molar-refractivity contribution in [3.63, 3.8) is 0 Å². The molecule has 2 atom stereocenters. The summed E-state index contributed by atoms with van der Waals surface area (Å²) in [6.45, 7) is 2.22. The number of hydrogen-bond acceptors (Lipinski definition) is 3. The van der Waals surface area contributed by atoms with Gasteiger partial charge in [0.05, 0.1) is 5.60 Å². The molecule has 4 aliphatic carbocycles. The van der Waals surface area contributed by atoms with Crippen LogP contribution in [0.1, 0.15) is 52.4 Å². The summed E-state index contributed by atoms with van der Waals surface area (Å²) in [6.07, 6.45) is 1.95. The molecular weight excluding hydrogens is 440 g/mol. The quantitative estimate of drug-likeness (QED) is 0.260. The van der Waals surface area contributed by atoms with Gasteiger partial charge >= 0.3 is 29.7 Å². The van der Waals surface area contributed by atoms with Gasteiger partial charge < -0.3 is 9.47 Å². The summed E-state index contributed by atoms with van der Waals surface area (Å²) in [5.41, 5.74) is -2.30. The lowest BCUT2D eigenvalue weighted by Gasteiger charge is -2.60. The van der Waals surface area contributed by atoms with Gasteiger partial charge in [-0.25, -0.2) is 4.79 Å². The summed E-state index contributed by atoms with van der Waals surface area (Å²) in [5, 5.41) is 0. The summed E-state index contributed by atoms with van der Waals surface area (Å²) in [7, 11) is 0. The van der Waals surface area contributed by atoms with Crippen molar-refractivity contribution in [1.29, 1.82) is 0 Å².